The number of hydrogen-bond acceptors (Lipinski definition) is 5. The zero-order valence-corrected chi connectivity index (χ0v) is 11.9. The Morgan fingerprint density at radius 3 is 3.11 bits per heavy atom. The highest BCUT2D eigenvalue weighted by Crippen LogP contribution is 2.24. The van der Waals surface area contributed by atoms with Gasteiger partial charge in [-0.2, -0.15) is 11.8 Å². The van der Waals surface area contributed by atoms with Crippen molar-refractivity contribution in [1.82, 2.24) is 10.3 Å². The van der Waals surface area contributed by atoms with Gasteiger partial charge in [0.2, 0.25) is 0 Å². The highest BCUT2D eigenvalue weighted by atomic mass is 32.2. The van der Waals surface area contributed by atoms with Gasteiger partial charge in [0.25, 0.3) is 5.91 Å². The fourth-order valence-corrected chi connectivity index (χ4v) is 3.04. The predicted molar refractivity (Wildman–Crippen MR) is 79.3 cm³/mol. The monoisotopic (exact) mass is 281 g/mol. The summed E-state index contributed by atoms with van der Waals surface area (Å²) in [5, 5.41) is 3.49. The SMILES string of the molecule is CSCC(C)NC(=O)c1ccc2nc(N)sc2c1. The van der Waals surface area contributed by atoms with Gasteiger partial charge >= 0.3 is 0 Å². The Balaban J connectivity index is 2.17. The summed E-state index contributed by atoms with van der Waals surface area (Å²) in [6, 6.07) is 5.61. The van der Waals surface area contributed by atoms with Crippen molar-refractivity contribution in [3.05, 3.63) is 23.8 Å². The van der Waals surface area contributed by atoms with Crippen LogP contribution in [0.2, 0.25) is 0 Å². The Labute approximate surface area is 114 Å². The van der Waals surface area contributed by atoms with E-state index in [0.717, 1.165) is 16.0 Å². The normalized spacial score (nSPS) is 12.6. The molecular weight excluding hydrogens is 266 g/mol. The van der Waals surface area contributed by atoms with Crippen LogP contribution in [0.4, 0.5) is 5.13 Å². The van der Waals surface area contributed by atoms with Crippen LogP contribution >= 0.6 is 23.1 Å². The van der Waals surface area contributed by atoms with Gasteiger partial charge in [0.15, 0.2) is 5.13 Å². The molecule has 1 amide bonds. The van der Waals surface area contributed by atoms with Crippen LogP contribution in [0.15, 0.2) is 18.2 Å². The third-order valence-electron chi connectivity index (χ3n) is 2.46. The van der Waals surface area contributed by atoms with Gasteiger partial charge in [-0.05, 0) is 31.4 Å². The van der Waals surface area contributed by atoms with Crippen molar-refractivity contribution < 1.29 is 4.79 Å². The van der Waals surface area contributed by atoms with Crippen molar-refractivity contribution in [2.45, 2.75) is 13.0 Å². The number of amides is 1. The molecule has 2 rings (SSSR count). The van der Waals surface area contributed by atoms with Gasteiger partial charge in [0.05, 0.1) is 10.2 Å². The molecular formula is C12H15N3OS2. The second-order valence-corrected chi connectivity index (χ2v) is 6.04. The van der Waals surface area contributed by atoms with E-state index in [9.17, 15) is 4.79 Å². The molecule has 0 saturated carbocycles. The average molecular weight is 281 g/mol. The number of nitrogen functional groups attached to an aromatic ring is 1. The molecule has 1 unspecified atom stereocenters. The van der Waals surface area contributed by atoms with E-state index >= 15 is 0 Å². The van der Waals surface area contributed by atoms with Crippen molar-refractivity contribution in [3.63, 3.8) is 0 Å². The highest BCUT2D eigenvalue weighted by molar-refractivity contribution is 7.98. The minimum atomic E-state index is -0.0505. The first kappa shape index (κ1) is 13.2. The van der Waals surface area contributed by atoms with E-state index in [1.807, 2.05) is 25.3 Å². The van der Waals surface area contributed by atoms with E-state index in [4.69, 9.17) is 5.73 Å². The van der Waals surface area contributed by atoms with E-state index in [0.29, 0.717) is 10.7 Å². The molecule has 0 aliphatic carbocycles. The average Bonchev–Trinajstić information content (AvgIpc) is 2.68. The molecule has 0 bridgehead atoms. The standard InChI is InChI=1S/C12H15N3OS2/c1-7(6-17-2)14-11(16)8-3-4-9-10(5-8)18-12(13)15-9/h3-5,7H,6H2,1-2H3,(H2,13,15)(H,14,16). The molecule has 6 heteroatoms. The number of thiazole rings is 1. The number of benzene rings is 1. The summed E-state index contributed by atoms with van der Waals surface area (Å²) >= 11 is 3.11. The topological polar surface area (TPSA) is 68.0 Å². The van der Waals surface area contributed by atoms with Gasteiger partial charge in [-0.1, -0.05) is 11.3 Å². The van der Waals surface area contributed by atoms with Crippen LogP contribution in [0.3, 0.4) is 0 Å². The Hall–Kier alpha value is -1.27. The number of carbonyl (C=O) groups excluding carboxylic acids is 1. The van der Waals surface area contributed by atoms with E-state index in [1.54, 1.807) is 17.8 Å². The zero-order chi connectivity index (χ0) is 13.1. The Bertz CT molecular complexity index is 567. The van der Waals surface area contributed by atoms with Gasteiger partial charge in [0, 0.05) is 17.4 Å². The second kappa shape index (κ2) is 5.58. The third-order valence-corrected chi connectivity index (χ3v) is 4.14. The van der Waals surface area contributed by atoms with Crippen LogP contribution < -0.4 is 11.1 Å². The maximum absolute atomic E-state index is 12.0. The summed E-state index contributed by atoms with van der Waals surface area (Å²) in [5.74, 6) is 0.854. The minimum absolute atomic E-state index is 0.0505. The zero-order valence-electron chi connectivity index (χ0n) is 10.3. The van der Waals surface area contributed by atoms with Crippen LogP contribution in [-0.4, -0.2) is 28.9 Å². The molecule has 1 aromatic heterocycles. The Morgan fingerprint density at radius 1 is 1.61 bits per heavy atom. The molecule has 2 aromatic rings. The number of anilines is 1. The molecule has 0 aliphatic rings. The molecule has 0 aliphatic heterocycles. The van der Waals surface area contributed by atoms with Gasteiger partial charge in [-0.3, -0.25) is 4.79 Å². The van der Waals surface area contributed by atoms with E-state index in [-0.39, 0.29) is 11.9 Å². The molecule has 0 fully saturated rings. The van der Waals surface area contributed by atoms with Crippen molar-refractivity contribution in [1.29, 1.82) is 0 Å². The summed E-state index contributed by atoms with van der Waals surface area (Å²) in [6.45, 7) is 2.00. The van der Waals surface area contributed by atoms with Crippen molar-refractivity contribution >= 4 is 44.4 Å². The lowest BCUT2D eigenvalue weighted by atomic mass is 10.2. The second-order valence-electron chi connectivity index (χ2n) is 4.06. The molecule has 1 heterocycles. The summed E-state index contributed by atoms with van der Waals surface area (Å²) < 4.78 is 0.942. The van der Waals surface area contributed by atoms with E-state index in [2.05, 4.69) is 10.3 Å². The fraction of sp³-hybridized carbons (Fsp3) is 0.333. The summed E-state index contributed by atoms with van der Waals surface area (Å²) in [6.07, 6.45) is 2.02. The predicted octanol–water partition coefficient (Wildman–Crippen LogP) is 2.36. The number of nitrogens with two attached hydrogens (primary N) is 1. The van der Waals surface area contributed by atoms with Crippen LogP contribution in [0.5, 0.6) is 0 Å². The van der Waals surface area contributed by atoms with E-state index < -0.39 is 0 Å². The smallest absolute Gasteiger partial charge is 0.251 e. The molecule has 18 heavy (non-hydrogen) atoms. The number of rotatable bonds is 4. The first-order chi connectivity index (χ1) is 8.60. The van der Waals surface area contributed by atoms with Crippen LogP contribution in [-0.2, 0) is 0 Å². The third kappa shape index (κ3) is 2.94. The first-order valence-corrected chi connectivity index (χ1v) is 7.77. The number of carbonyl (C=O) groups is 1. The lowest BCUT2D eigenvalue weighted by molar-refractivity contribution is 0.0944. The lowest BCUT2D eigenvalue weighted by Crippen LogP contribution is -2.34. The minimum Gasteiger partial charge on any atom is -0.375 e. The molecule has 0 radical (unpaired) electrons. The summed E-state index contributed by atoms with van der Waals surface area (Å²) in [7, 11) is 0. The van der Waals surface area contributed by atoms with Crippen LogP contribution in [0.25, 0.3) is 10.2 Å². The molecule has 0 saturated heterocycles. The van der Waals surface area contributed by atoms with Crippen molar-refractivity contribution in [2.75, 3.05) is 17.7 Å². The summed E-state index contributed by atoms with van der Waals surface area (Å²) in [5.41, 5.74) is 7.13. The number of aromatic nitrogens is 1. The number of fused-ring (bicyclic) bond motifs is 1. The first-order valence-electron chi connectivity index (χ1n) is 5.56. The Morgan fingerprint density at radius 2 is 2.39 bits per heavy atom. The van der Waals surface area contributed by atoms with Crippen molar-refractivity contribution in [3.8, 4) is 0 Å². The molecule has 1 aromatic carbocycles. The quantitative estimate of drug-likeness (QED) is 0.902. The number of hydrogen-bond donors (Lipinski definition) is 2. The van der Waals surface area contributed by atoms with Crippen LogP contribution in [0.1, 0.15) is 17.3 Å². The van der Waals surface area contributed by atoms with Crippen LogP contribution in [0, 0.1) is 0 Å². The highest BCUT2D eigenvalue weighted by Gasteiger charge is 2.11. The van der Waals surface area contributed by atoms with Gasteiger partial charge < -0.3 is 11.1 Å². The van der Waals surface area contributed by atoms with E-state index in [1.165, 1.54) is 11.3 Å². The number of nitrogens with one attached hydrogen (secondary N) is 1. The number of nitrogens with zero attached hydrogens (tertiary/aromatic N) is 1. The molecule has 0 spiro atoms. The maximum atomic E-state index is 12.0. The maximum Gasteiger partial charge on any atom is 0.251 e. The largest absolute Gasteiger partial charge is 0.375 e. The van der Waals surface area contributed by atoms with Gasteiger partial charge in [-0.25, -0.2) is 4.98 Å². The molecule has 1 atom stereocenters. The molecule has 4 nitrogen and oxygen atoms in total. The number of thioether (sulfide) groups is 1. The Kier molecular flexibility index (Phi) is 4.08. The molecule has 96 valence electrons. The van der Waals surface area contributed by atoms with Crippen molar-refractivity contribution in [2.24, 2.45) is 0 Å². The summed E-state index contributed by atoms with van der Waals surface area (Å²) in [4.78, 5) is 16.2. The fourth-order valence-electron chi connectivity index (χ4n) is 1.68. The molecule has 3 N–H and O–H groups in total. The van der Waals surface area contributed by atoms with Gasteiger partial charge in [-0.15, -0.1) is 0 Å². The lowest BCUT2D eigenvalue weighted by Gasteiger charge is -2.12. The van der Waals surface area contributed by atoms with Gasteiger partial charge in [0.1, 0.15) is 0 Å².